The van der Waals surface area contributed by atoms with E-state index in [-0.39, 0.29) is 0 Å². The topological polar surface area (TPSA) is 69.8 Å². The molecule has 1 fully saturated rings. The summed E-state index contributed by atoms with van der Waals surface area (Å²) < 4.78 is 0. The van der Waals surface area contributed by atoms with Gasteiger partial charge in [-0.05, 0) is 26.3 Å². The lowest BCUT2D eigenvalue weighted by atomic mass is 9.95. The van der Waals surface area contributed by atoms with Crippen molar-refractivity contribution in [3.63, 3.8) is 0 Å². The quantitative estimate of drug-likeness (QED) is 0.757. The van der Waals surface area contributed by atoms with Crippen molar-refractivity contribution < 1.29 is 9.90 Å². The first-order chi connectivity index (χ1) is 7.95. The van der Waals surface area contributed by atoms with Gasteiger partial charge in [0.05, 0.1) is 5.82 Å². The van der Waals surface area contributed by atoms with Crippen LogP contribution < -0.4 is 5.73 Å². The molecule has 5 heteroatoms. The summed E-state index contributed by atoms with van der Waals surface area (Å²) in [6.07, 6.45) is 2.49. The number of hydrogen-bond donors (Lipinski definition) is 2. The van der Waals surface area contributed by atoms with Gasteiger partial charge in [-0.1, -0.05) is 6.92 Å². The third-order valence-electron chi connectivity index (χ3n) is 3.79. The number of rotatable bonds is 4. The maximum atomic E-state index is 11.3. The largest absolute Gasteiger partial charge is 0.480 e. The van der Waals surface area contributed by atoms with Crippen molar-refractivity contribution >= 4 is 5.97 Å². The summed E-state index contributed by atoms with van der Waals surface area (Å²) in [5.41, 5.74) is 5.09. The lowest BCUT2D eigenvalue weighted by Crippen LogP contribution is -2.59. The Hall–Kier alpha value is -1.23. The molecule has 0 saturated carbocycles. The second-order valence-corrected chi connectivity index (χ2v) is 4.62. The van der Waals surface area contributed by atoms with E-state index < -0.39 is 11.5 Å². The van der Waals surface area contributed by atoms with Crippen molar-refractivity contribution in [3.05, 3.63) is 11.9 Å². The smallest absolute Gasteiger partial charge is 0.323 e. The third kappa shape index (κ3) is 2.72. The zero-order valence-electron chi connectivity index (χ0n) is 10.9. The van der Waals surface area contributed by atoms with Crippen LogP contribution >= 0.6 is 0 Å². The fraction of sp³-hybridized carbons (Fsp3) is 0.750. The number of carbonyl (C=O) groups is 1. The first-order valence-electron chi connectivity index (χ1n) is 6.11. The standard InChI is InChI=1S/C12H23N3O2/c1-4-10(13)14-6-8-15(9-7-14)12(3,5-2)11(16)17/h4H,5-9,13H2,1-3H3,(H,16,17)/b10-4+. The Morgan fingerprint density at radius 2 is 1.94 bits per heavy atom. The van der Waals surface area contributed by atoms with Crippen LogP contribution in [0.2, 0.25) is 0 Å². The molecule has 1 aliphatic rings. The highest BCUT2D eigenvalue weighted by Crippen LogP contribution is 2.22. The number of allylic oxidation sites excluding steroid dienone is 1. The van der Waals surface area contributed by atoms with E-state index in [1.54, 1.807) is 6.92 Å². The van der Waals surface area contributed by atoms with E-state index in [1.807, 2.05) is 24.8 Å². The Labute approximate surface area is 103 Å². The first-order valence-corrected chi connectivity index (χ1v) is 6.11. The maximum Gasteiger partial charge on any atom is 0.323 e. The third-order valence-corrected chi connectivity index (χ3v) is 3.79. The summed E-state index contributed by atoms with van der Waals surface area (Å²) >= 11 is 0. The van der Waals surface area contributed by atoms with Crippen LogP contribution in [-0.2, 0) is 4.79 Å². The van der Waals surface area contributed by atoms with E-state index in [2.05, 4.69) is 4.90 Å². The molecule has 98 valence electrons. The van der Waals surface area contributed by atoms with Gasteiger partial charge in [-0.3, -0.25) is 9.69 Å². The Bertz CT molecular complexity index is 309. The number of nitrogens with zero attached hydrogens (tertiary/aromatic N) is 2. The van der Waals surface area contributed by atoms with E-state index in [0.717, 1.165) is 32.0 Å². The molecule has 0 aliphatic carbocycles. The highest BCUT2D eigenvalue weighted by molar-refractivity contribution is 5.78. The zero-order valence-corrected chi connectivity index (χ0v) is 10.9. The van der Waals surface area contributed by atoms with Crippen LogP contribution in [0.15, 0.2) is 11.9 Å². The van der Waals surface area contributed by atoms with Gasteiger partial charge in [-0.15, -0.1) is 0 Å². The molecule has 0 radical (unpaired) electrons. The van der Waals surface area contributed by atoms with Crippen molar-refractivity contribution in [2.24, 2.45) is 5.73 Å². The normalized spacial score (nSPS) is 22.3. The second kappa shape index (κ2) is 5.40. The van der Waals surface area contributed by atoms with Crippen LogP contribution in [0.25, 0.3) is 0 Å². The Morgan fingerprint density at radius 3 is 2.29 bits per heavy atom. The molecule has 1 saturated heterocycles. The second-order valence-electron chi connectivity index (χ2n) is 4.62. The molecule has 1 heterocycles. The molecular formula is C12H23N3O2. The number of carboxylic acids is 1. The average molecular weight is 241 g/mol. The van der Waals surface area contributed by atoms with E-state index in [4.69, 9.17) is 5.73 Å². The molecular weight excluding hydrogens is 218 g/mol. The summed E-state index contributed by atoms with van der Waals surface area (Å²) in [5, 5.41) is 9.31. The number of aliphatic carboxylic acids is 1. The van der Waals surface area contributed by atoms with E-state index >= 15 is 0 Å². The minimum Gasteiger partial charge on any atom is -0.480 e. The highest BCUT2D eigenvalue weighted by Gasteiger charge is 2.39. The van der Waals surface area contributed by atoms with E-state index in [0.29, 0.717) is 6.42 Å². The molecule has 1 aliphatic heterocycles. The van der Waals surface area contributed by atoms with Crippen LogP contribution in [0.3, 0.4) is 0 Å². The van der Waals surface area contributed by atoms with Gasteiger partial charge in [0.1, 0.15) is 5.54 Å². The lowest BCUT2D eigenvalue weighted by molar-refractivity contribution is -0.152. The van der Waals surface area contributed by atoms with Crippen LogP contribution in [0.1, 0.15) is 27.2 Å². The molecule has 1 unspecified atom stereocenters. The molecule has 0 amide bonds. The Balaban J connectivity index is 2.66. The van der Waals surface area contributed by atoms with Gasteiger partial charge in [-0.25, -0.2) is 0 Å². The molecule has 0 aromatic carbocycles. The number of nitrogens with two attached hydrogens (primary N) is 1. The number of carboxylic acid groups (broad SMARTS) is 1. The molecule has 0 spiro atoms. The van der Waals surface area contributed by atoms with Gasteiger partial charge in [0.15, 0.2) is 0 Å². The molecule has 0 aromatic heterocycles. The molecule has 0 aromatic rings. The van der Waals surface area contributed by atoms with Crippen molar-refractivity contribution in [1.29, 1.82) is 0 Å². The van der Waals surface area contributed by atoms with Gasteiger partial charge < -0.3 is 15.7 Å². The summed E-state index contributed by atoms with van der Waals surface area (Å²) in [5.74, 6) is 0.0330. The van der Waals surface area contributed by atoms with Crippen LogP contribution in [0.5, 0.6) is 0 Å². The first kappa shape index (κ1) is 13.8. The van der Waals surface area contributed by atoms with Crippen molar-refractivity contribution in [2.45, 2.75) is 32.7 Å². The summed E-state index contributed by atoms with van der Waals surface area (Å²) in [7, 11) is 0. The van der Waals surface area contributed by atoms with Crippen molar-refractivity contribution in [1.82, 2.24) is 9.80 Å². The van der Waals surface area contributed by atoms with Gasteiger partial charge in [-0.2, -0.15) is 0 Å². The van der Waals surface area contributed by atoms with Gasteiger partial charge in [0.25, 0.3) is 0 Å². The number of hydrogen-bond acceptors (Lipinski definition) is 4. The average Bonchev–Trinajstić information content (AvgIpc) is 2.36. The van der Waals surface area contributed by atoms with Crippen molar-refractivity contribution in [2.75, 3.05) is 26.2 Å². The molecule has 1 atom stereocenters. The van der Waals surface area contributed by atoms with Gasteiger partial charge in [0, 0.05) is 26.2 Å². The maximum absolute atomic E-state index is 11.3. The van der Waals surface area contributed by atoms with E-state index in [9.17, 15) is 9.90 Å². The fourth-order valence-electron chi connectivity index (χ4n) is 2.15. The minimum absolute atomic E-state index is 0.613. The fourth-order valence-corrected chi connectivity index (χ4v) is 2.15. The SMILES string of the molecule is C/C=C(\N)N1CCN(C(C)(CC)C(=O)O)CC1. The molecule has 0 bridgehead atoms. The van der Waals surface area contributed by atoms with Crippen LogP contribution in [0, 0.1) is 0 Å². The monoisotopic (exact) mass is 241 g/mol. The molecule has 3 N–H and O–H groups in total. The minimum atomic E-state index is -0.753. The van der Waals surface area contributed by atoms with Crippen molar-refractivity contribution in [3.8, 4) is 0 Å². The molecule has 17 heavy (non-hydrogen) atoms. The van der Waals surface area contributed by atoms with E-state index in [1.165, 1.54) is 0 Å². The predicted molar refractivity (Wildman–Crippen MR) is 67.4 cm³/mol. The predicted octanol–water partition coefficient (Wildman–Crippen LogP) is 0.677. The zero-order chi connectivity index (χ0) is 13.1. The highest BCUT2D eigenvalue weighted by atomic mass is 16.4. The van der Waals surface area contributed by atoms with Gasteiger partial charge in [0.2, 0.25) is 0 Å². The molecule has 1 rings (SSSR count). The molecule has 5 nitrogen and oxygen atoms in total. The van der Waals surface area contributed by atoms with Gasteiger partial charge >= 0.3 is 5.97 Å². The van der Waals surface area contributed by atoms with Crippen LogP contribution in [-0.4, -0.2) is 52.6 Å². The Kier molecular flexibility index (Phi) is 4.40. The Morgan fingerprint density at radius 1 is 1.41 bits per heavy atom. The summed E-state index contributed by atoms with van der Waals surface area (Å²) in [6.45, 7) is 8.69. The summed E-state index contributed by atoms with van der Waals surface area (Å²) in [4.78, 5) is 15.5. The van der Waals surface area contributed by atoms with Crippen LogP contribution in [0.4, 0.5) is 0 Å². The number of piperazine rings is 1. The summed E-state index contributed by atoms with van der Waals surface area (Å²) in [6, 6.07) is 0. The lowest BCUT2D eigenvalue weighted by Gasteiger charge is -2.43.